The molecule has 0 fully saturated rings. The quantitative estimate of drug-likeness (QED) is 0.530. The molecule has 1 heterocycles. The van der Waals surface area contributed by atoms with Crippen LogP contribution in [0.4, 0.5) is 0 Å². The summed E-state index contributed by atoms with van der Waals surface area (Å²) in [4.78, 5) is 25.9. The van der Waals surface area contributed by atoms with E-state index >= 15 is 0 Å². The highest BCUT2D eigenvalue weighted by molar-refractivity contribution is 7.12. The summed E-state index contributed by atoms with van der Waals surface area (Å²) >= 11 is 1.35. The number of thiophene rings is 1. The number of carbonyl (C=O) groups excluding carboxylic acids is 2. The lowest BCUT2D eigenvalue weighted by molar-refractivity contribution is -0.124. The molecule has 154 valence electrons. The SMILES string of the molecule is CC(C)C(NC(=O)c1cccs1)C(=O)NC(CN)c1ccc2ccccc2c1.Cl. The van der Waals surface area contributed by atoms with Gasteiger partial charge in [-0.1, -0.05) is 56.3 Å². The molecule has 0 spiro atoms. The smallest absolute Gasteiger partial charge is 0.262 e. The third-order valence-corrected chi connectivity index (χ3v) is 5.58. The van der Waals surface area contributed by atoms with Crippen LogP contribution in [-0.4, -0.2) is 24.4 Å². The number of hydrogen-bond donors (Lipinski definition) is 3. The van der Waals surface area contributed by atoms with Gasteiger partial charge in [-0.3, -0.25) is 9.59 Å². The summed E-state index contributed by atoms with van der Waals surface area (Å²) in [5.41, 5.74) is 6.90. The van der Waals surface area contributed by atoms with Crippen molar-refractivity contribution >= 4 is 46.3 Å². The Morgan fingerprint density at radius 2 is 1.72 bits per heavy atom. The van der Waals surface area contributed by atoms with Crippen molar-refractivity contribution in [3.05, 3.63) is 70.4 Å². The van der Waals surface area contributed by atoms with E-state index < -0.39 is 6.04 Å². The third kappa shape index (κ3) is 5.56. The van der Waals surface area contributed by atoms with Crippen LogP contribution in [0.25, 0.3) is 10.8 Å². The van der Waals surface area contributed by atoms with Gasteiger partial charge in [-0.2, -0.15) is 0 Å². The summed E-state index contributed by atoms with van der Waals surface area (Å²) in [5, 5.41) is 9.92. The van der Waals surface area contributed by atoms with Crippen molar-refractivity contribution < 1.29 is 9.59 Å². The summed E-state index contributed by atoms with van der Waals surface area (Å²) in [7, 11) is 0. The van der Waals surface area contributed by atoms with Gasteiger partial charge in [-0.25, -0.2) is 0 Å². The predicted octanol–water partition coefficient (Wildman–Crippen LogP) is 3.89. The lowest BCUT2D eigenvalue weighted by Gasteiger charge is -2.25. The number of nitrogens with one attached hydrogen (secondary N) is 2. The van der Waals surface area contributed by atoms with Crippen molar-refractivity contribution in [3.63, 3.8) is 0 Å². The standard InChI is InChI=1S/C22H25N3O2S.ClH/c1-14(2)20(25-21(26)19-8-5-11-28-19)22(27)24-18(13-23)17-10-9-15-6-3-4-7-16(15)12-17;/h3-12,14,18,20H,13,23H2,1-2H3,(H,24,27)(H,25,26);1H. The van der Waals surface area contributed by atoms with Crippen molar-refractivity contribution in [2.24, 2.45) is 11.7 Å². The van der Waals surface area contributed by atoms with Crippen molar-refractivity contribution in [2.75, 3.05) is 6.54 Å². The molecule has 0 aliphatic rings. The van der Waals surface area contributed by atoms with E-state index in [0.29, 0.717) is 4.88 Å². The molecule has 29 heavy (non-hydrogen) atoms. The lowest BCUT2D eigenvalue weighted by atomic mass is 9.99. The summed E-state index contributed by atoms with van der Waals surface area (Å²) in [6.45, 7) is 4.09. The molecule has 2 atom stereocenters. The van der Waals surface area contributed by atoms with Crippen LogP contribution in [0.5, 0.6) is 0 Å². The third-order valence-electron chi connectivity index (χ3n) is 4.71. The van der Waals surface area contributed by atoms with E-state index in [9.17, 15) is 9.59 Å². The van der Waals surface area contributed by atoms with Crippen LogP contribution in [0.1, 0.15) is 35.1 Å². The summed E-state index contributed by atoms with van der Waals surface area (Å²) in [6, 6.07) is 16.7. The number of rotatable bonds is 7. The van der Waals surface area contributed by atoms with Crippen LogP contribution in [0.15, 0.2) is 60.0 Å². The maximum atomic E-state index is 12.9. The minimum absolute atomic E-state index is 0. The number of amides is 2. The minimum atomic E-state index is -0.635. The van der Waals surface area contributed by atoms with Gasteiger partial charge in [0.2, 0.25) is 5.91 Å². The Morgan fingerprint density at radius 3 is 2.34 bits per heavy atom. The molecule has 0 aliphatic carbocycles. The topological polar surface area (TPSA) is 84.2 Å². The monoisotopic (exact) mass is 431 g/mol. The first-order valence-corrected chi connectivity index (χ1v) is 10.2. The molecule has 4 N–H and O–H groups in total. The van der Waals surface area contributed by atoms with Gasteiger partial charge in [0.1, 0.15) is 6.04 Å². The number of nitrogens with two attached hydrogens (primary N) is 1. The molecular formula is C22H26ClN3O2S. The van der Waals surface area contributed by atoms with Crippen LogP contribution in [0, 0.1) is 5.92 Å². The Kier molecular flexibility index (Phi) is 8.20. The van der Waals surface area contributed by atoms with Crippen molar-refractivity contribution in [1.29, 1.82) is 0 Å². The normalized spacial score (nSPS) is 12.8. The number of benzene rings is 2. The van der Waals surface area contributed by atoms with Crippen molar-refractivity contribution in [3.8, 4) is 0 Å². The molecule has 0 bridgehead atoms. The van der Waals surface area contributed by atoms with E-state index in [1.54, 1.807) is 6.07 Å². The molecule has 2 aromatic carbocycles. The van der Waals surface area contributed by atoms with E-state index in [2.05, 4.69) is 10.6 Å². The van der Waals surface area contributed by atoms with Gasteiger partial charge in [0.25, 0.3) is 5.91 Å². The van der Waals surface area contributed by atoms with Gasteiger partial charge >= 0.3 is 0 Å². The Balaban J connectivity index is 0.00000300. The molecule has 0 saturated heterocycles. The Bertz CT molecular complexity index is 960. The molecule has 0 aliphatic heterocycles. The zero-order valence-electron chi connectivity index (χ0n) is 16.4. The van der Waals surface area contributed by atoms with Crippen molar-refractivity contribution in [2.45, 2.75) is 25.9 Å². The first kappa shape index (κ1) is 22.9. The number of hydrogen-bond acceptors (Lipinski definition) is 4. The van der Waals surface area contributed by atoms with Gasteiger partial charge in [-0.05, 0) is 39.8 Å². The van der Waals surface area contributed by atoms with Gasteiger partial charge < -0.3 is 16.4 Å². The molecule has 2 unspecified atom stereocenters. The molecule has 0 saturated carbocycles. The second-order valence-corrected chi connectivity index (χ2v) is 8.02. The van der Waals surface area contributed by atoms with E-state index in [1.807, 2.05) is 67.8 Å². The van der Waals surface area contributed by atoms with E-state index in [-0.39, 0.29) is 42.7 Å². The minimum Gasteiger partial charge on any atom is -0.346 e. The molecule has 1 aromatic heterocycles. The fourth-order valence-electron chi connectivity index (χ4n) is 3.12. The maximum Gasteiger partial charge on any atom is 0.262 e. The average molecular weight is 432 g/mol. The van der Waals surface area contributed by atoms with Crippen LogP contribution in [0.3, 0.4) is 0 Å². The average Bonchev–Trinajstić information content (AvgIpc) is 3.24. The highest BCUT2D eigenvalue weighted by Gasteiger charge is 2.27. The zero-order chi connectivity index (χ0) is 20.1. The van der Waals surface area contributed by atoms with Crippen LogP contribution in [-0.2, 0) is 4.79 Å². The molecular weight excluding hydrogens is 406 g/mol. The highest BCUT2D eigenvalue weighted by Crippen LogP contribution is 2.20. The van der Waals surface area contributed by atoms with E-state index in [1.165, 1.54) is 11.3 Å². The fraction of sp³-hybridized carbons (Fsp3) is 0.273. The van der Waals surface area contributed by atoms with Gasteiger partial charge in [-0.15, -0.1) is 23.7 Å². The maximum absolute atomic E-state index is 12.9. The Morgan fingerprint density at radius 1 is 1.00 bits per heavy atom. The largest absolute Gasteiger partial charge is 0.346 e. The second kappa shape index (κ2) is 10.4. The first-order chi connectivity index (χ1) is 13.5. The summed E-state index contributed by atoms with van der Waals surface area (Å²) in [6.07, 6.45) is 0. The number of fused-ring (bicyclic) bond motifs is 1. The lowest BCUT2D eigenvalue weighted by Crippen LogP contribution is -2.51. The number of carbonyl (C=O) groups is 2. The molecule has 3 rings (SSSR count). The summed E-state index contributed by atoms with van der Waals surface area (Å²) in [5.74, 6) is -0.527. The molecule has 0 radical (unpaired) electrons. The van der Waals surface area contributed by atoms with Gasteiger partial charge in [0.05, 0.1) is 10.9 Å². The Hall–Kier alpha value is -2.41. The van der Waals surface area contributed by atoms with E-state index in [0.717, 1.165) is 16.3 Å². The zero-order valence-corrected chi connectivity index (χ0v) is 18.1. The highest BCUT2D eigenvalue weighted by atomic mass is 35.5. The van der Waals surface area contributed by atoms with Crippen LogP contribution >= 0.6 is 23.7 Å². The van der Waals surface area contributed by atoms with Crippen molar-refractivity contribution in [1.82, 2.24) is 10.6 Å². The Labute approximate surface area is 181 Å². The number of halogens is 1. The fourth-order valence-corrected chi connectivity index (χ4v) is 3.75. The molecule has 7 heteroatoms. The predicted molar refractivity (Wildman–Crippen MR) is 122 cm³/mol. The first-order valence-electron chi connectivity index (χ1n) is 9.33. The van der Waals surface area contributed by atoms with Gasteiger partial charge in [0.15, 0.2) is 0 Å². The van der Waals surface area contributed by atoms with Gasteiger partial charge in [0, 0.05) is 6.54 Å². The second-order valence-electron chi connectivity index (χ2n) is 7.08. The summed E-state index contributed by atoms with van der Waals surface area (Å²) < 4.78 is 0. The van der Waals surface area contributed by atoms with Crippen LogP contribution < -0.4 is 16.4 Å². The molecule has 5 nitrogen and oxygen atoms in total. The van der Waals surface area contributed by atoms with Crippen LogP contribution in [0.2, 0.25) is 0 Å². The molecule has 3 aromatic rings. The van der Waals surface area contributed by atoms with E-state index in [4.69, 9.17) is 5.73 Å². The molecule has 2 amide bonds.